The third-order valence-electron chi connectivity index (χ3n) is 3.47. The first-order valence-electron chi connectivity index (χ1n) is 6.81. The van der Waals surface area contributed by atoms with Gasteiger partial charge in [-0.25, -0.2) is 0 Å². The van der Waals surface area contributed by atoms with Crippen LogP contribution in [0.3, 0.4) is 0 Å². The summed E-state index contributed by atoms with van der Waals surface area (Å²) >= 11 is 0. The number of nitrogens with one attached hydrogen (secondary N) is 1. The van der Waals surface area contributed by atoms with Crippen molar-refractivity contribution < 1.29 is 5.11 Å². The smallest absolute Gasteiger partial charge is 0.120 e. The molecule has 2 aromatic carbocycles. The van der Waals surface area contributed by atoms with Crippen LogP contribution >= 0.6 is 0 Å². The lowest BCUT2D eigenvalue weighted by atomic mass is 10.0. The number of hydrogen-bond acceptors (Lipinski definition) is 2. The Morgan fingerprint density at radius 2 is 1.63 bits per heavy atom. The number of para-hydroxylation sites is 1. The standard InChI is InChI=1S/C17H21NO/c1-3-16(15-11-7-8-12-17(15)19)18-13(2)14-9-5-4-6-10-14/h4-13,16,18-19H,3H2,1-2H3/t13-,16-/m1/s1. The first kappa shape index (κ1) is 13.6. The van der Waals surface area contributed by atoms with Crippen molar-refractivity contribution in [1.82, 2.24) is 5.32 Å². The highest BCUT2D eigenvalue weighted by Crippen LogP contribution is 2.28. The van der Waals surface area contributed by atoms with E-state index in [1.807, 2.05) is 24.3 Å². The Labute approximate surface area is 115 Å². The molecule has 0 aliphatic rings. The second-order valence-corrected chi connectivity index (χ2v) is 4.82. The van der Waals surface area contributed by atoms with E-state index in [2.05, 4.69) is 43.4 Å². The molecule has 0 saturated carbocycles. The number of phenolic OH excluding ortho intramolecular Hbond substituents is 1. The predicted molar refractivity (Wildman–Crippen MR) is 79.1 cm³/mol. The van der Waals surface area contributed by atoms with Crippen molar-refractivity contribution in [2.24, 2.45) is 0 Å². The summed E-state index contributed by atoms with van der Waals surface area (Å²) in [6.07, 6.45) is 0.939. The molecule has 0 aliphatic carbocycles. The van der Waals surface area contributed by atoms with E-state index in [0.29, 0.717) is 5.75 Å². The van der Waals surface area contributed by atoms with Crippen LogP contribution in [0.25, 0.3) is 0 Å². The largest absolute Gasteiger partial charge is 0.508 e. The fraction of sp³-hybridized carbons (Fsp3) is 0.294. The van der Waals surface area contributed by atoms with Gasteiger partial charge in [0.05, 0.1) is 0 Å². The van der Waals surface area contributed by atoms with Crippen LogP contribution in [0, 0.1) is 0 Å². The highest BCUT2D eigenvalue weighted by atomic mass is 16.3. The molecule has 2 N–H and O–H groups in total. The molecule has 0 amide bonds. The monoisotopic (exact) mass is 255 g/mol. The van der Waals surface area contributed by atoms with Gasteiger partial charge in [0, 0.05) is 17.6 Å². The third-order valence-corrected chi connectivity index (χ3v) is 3.47. The number of rotatable bonds is 5. The first-order valence-corrected chi connectivity index (χ1v) is 6.81. The zero-order chi connectivity index (χ0) is 13.7. The highest BCUT2D eigenvalue weighted by Gasteiger charge is 2.16. The van der Waals surface area contributed by atoms with Crippen molar-refractivity contribution in [3.05, 3.63) is 65.7 Å². The Morgan fingerprint density at radius 3 is 2.26 bits per heavy atom. The van der Waals surface area contributed by atoms with Gasteiger partial charge in [-0.1, -0.05) is 55.5 Å². The molecule has 2 heteroatoms. The van der Waals surface area contributed by atoms with Crippen LogP contribution in [0.4, 0.5) is 0 Å². The van der Waals surface area contributed by atoms with Gasteiger partial charge in [0.1, 0.15) is 5.75 Å². The SMILES string of the molecule is CC[C@@H](N[C@H](C)c1ccccc1)c1ccccc1O. The van der Waals surface area contributed by atoms with Gasteiger partial charge in [-0.3, -0.25) is 0 Å². The average molecular weight is 255 g/mol. The molecule has 2 rings (SSSR count). The van der Waals surface area contributed by atoms with Gasteiger partial charge < -0.3 is 10.4 Å². The van der Waals surface area contributed by atoms with Crippen molar-refractivity contribution >= 4 is 0 Å². The molecule has 0 spiro atoms. The third kappa shape index (κ3) is 3.36. The summed E-state index contributed by atoms with van der Waals surface area (Å²) in [5.74, 6) is 0.363. The fourth-order valence-corrected chi connectivity index (χ4v) is 2.35. The zero-order valence-electron chi connectivity index (χ0n) is 11.5. The van der Waals surface area contributed by atoms with E-state index in [4.69, 9.17) is 0 Å². The quantitative estimate of drug-likeness (QED) is 0.839. The minimum absolute atomic E-state index is 0.163. The van der Waals surface area contributed by atoms with Gasteiger partial charge in [0.25, 0.3) is 0 Å². The van der Waals surface area contributed by atoms with Crippen LogP contribution < -0.4 is 5.32 Å². The molecule has 0 unspecified atom stereocenters. The molecule has 2 nitrogen and oxygen atoms in total. The van der Waals surface area contributed by atoms with E-state index >= 15 is 0 Å². The average Bonchev–Trinajstić information content (AvgIpc) is 2.46. The molecule has 19 heavy (non-hydrogen) atoms. The first-order chi connectivity index (χ1) is 9.22. The summed E-state index contributed by atoms with van der Waals surface area (Å²) in [5, 5.41) is 13.5. The summed E-state index contributed by atoms with van der Waals surface area (Å²) in [7, 11) is 0. The molecule has 0 radical (unpaired) electrons. The molecule has 0 fully saturated rings. The second kappa shape index (κ2) is 6.39. The molecule has 2 atom stereocenters. The van der Waals surface area contributed by atoms with Crippen molar-refractivity contribution in [3.63, 3.8) is 0 Å². The van der Waals surface area contributed by atoms with Gasteiger partial charge in [0.2, 0.25) is 0 Å². The minimum atomic E-state index is 0.163. The molecular formula is C17H21NO. The van der Waals surface area contributed by atoms with Crippen LogP contribution in [-0.2, 0) is 0 Å². The lowest BCUT2D eigenvalue weighted by Gasteiger charge is -2.23. The van der Waals surface area contributed by atoms with Gasteiger partial charge in [-0.15, -0.1) is 0 Å². The van der Waals surface area contributed by atoms with E-state index in [0.717, 1.165) is 12.0 Å². The van der Waals surface area contributed by atoms with Crippen LogP contribution in [-0.4, -0.2) is 5.11 Å². The summed E-state index contributed by atoms with van der Waals surface area (Å²) in [4.78, 5) is 0. The maximum Gasteiger partial charge on any atom is 0.120 e. The number of benzene rings is 2. The van der Waals surface area contributed by atoms with Crippen molar-refractivity contribution in [2.45, 2.75) is 32.4 Å². The van der Waals surface area contributed by atoms with Crippen LogP contribution in [0.1, 0.15) is 43.5 Å². The maximum atomic E-state index is 9.96. The Balaban J connectivity index is 2.14. The summed E-state index contributed by atoms with van der Waals surface area (Å²) in [6.45, 7) is 4.28. The molecule has 0 saturated heterocycles. The Bertz CT molecular complexity index is 510. The Hall–Kier alpha value is -1.80. The van der Waals surface area contributed by atoms with Crippen molar-refractivity contribution in [1.29, 1.82) is 0 Å². The predicted octanol–water partition coefficient (Wildman–Crippen LogP) is 4.19. The normalized spacial score (nSPS) is 14.0. The molecule has 0 heterocycles. The highest BCUT2D eigenvalue weighted by molar-refractivity contribution is 5.34. The second-order valence-electron chi connectivity index (χ2n) is 4.82. The van der Waals surface area contributed by atoms with Gasteiger partial charge in [-0.2, -0.15) is 0 Å². The molecule has 0 bridgehead atoms. The topological polar surface area (TPSA) is 32.3 Å². The number of aromatic hydroxyl groups is 1. The van der Waals surface area contributed by atoms with Gasteiger partial charge >= 0.3 is 0 Å². The number of phenols is 1. The van der Waals surface area contributed by atoms with Gasteiger partial charge in [0.15, 0.2) is 0 Å². The van der Waals surface area contributed by atoms with Crippen LogP contribution in [0.2, 0.25) is 0 Å². The molecular weight excluding hydrogens is 234 g/mol. The molecule has 100 valence electrons. The van der Waals surface area contributed by atoms with Crippen molar-refractivity contribution in [3.8, 4) is 5.75 Å². The summed E-state index contributed by atoms with van der Waals surface area (Å²) in [6, 6.07) is 18.3. The van der Waals surface area contributed by atoms with E-state index < -0.39 is 0 Å². The molecule has 0 aromatic heterocycles. The minimum Gasteiger partial charge on any atom is -0.508 e. The Kier molecular flexibility index (Phi) is 4.58. The number of hydrogen-bond donors (Lipinski definition) is 2. The van der Waals surface area contributed by atoms with E-state index in [1.54, 1.807) is 6.07 Å². The summed E-state index contributed by atoms with van der Waals surface area (Å²) in [5.41, 5.74) is 2.23. The van der Waals surface area contributed by atoms with Gasteiger partial charge in [-0.05, 0) is 25.0 Å². The van der Waals surface area contributed by atoms with Crippen molar-refractivity contribution in [2.75, 3.05) is 0 Å². The lowest BCUT2D eigenvalue weighted by Crippen LogP contribution is -2.24. The lowest BCUT2D eigenvalue weighted by molar-refractivity contribution is 0.419. The molecule has 0 aliphatic heterocycles. The van der Waals surface area contributed by atoms with E-state index in [1.165, 1.54) is 5.56 Å². The van der Waals surface area contributed by atoms with E-state index in [-0.39, 0.29) is 12.1 Å². The zero-order valence-corrected chi connectivity index (χ0v) is 11.5. The van der Waals surface area contributed by atoms with Crippen LogP contribution in [0.5, 0.6) is 5.75 Å². The maximum absolute atomic E-state index is 9.96. The van der Waals surface area contributed by atoms with E-state index in [9.17, 15) is 5.11 Å². The fourth-order valence-electron chi connectivity index (χ4n) is 2.35. The molecule has 2 aromatic rings. The summed E-state index contributed by atoms with van der Waals surface area (Å²) < 4.78 is 0. The van der Waals surface area contributed by atoms with Crippen LogP contribution in [0.15, 0.2) is 54.6 Å². The Morgan fingerprint density at radius 1 is 1.00 bits per heavy atom.